The molecule has 0 aliphatic heterocycles. The molecule has 0 atom stereocenters. The van der Waals surface area contributed by atoms with E-state index in [1.54, 1.807) is 17.8 Å². The summed E-state index contributed by atoms with van der Waals surface area (Å²) in [5.41, 5.74) is 6.68. The molecule has 1 aromatic heterocycles. The van der Waals surface area contributed by atoms with Gasteiger partial charge in [-0.3, -0.25) is 0 Å². The Labute approximate surface area is 84.4 Å². The van der Waals surface area contributed by atoms with Crippen molar-refractivity contribution in [3.8, 4) is 5.06 Å². The smallest absolute Gasteiger partial charge is 0.172 e. The molecule has 0 saturated carbocycles. The summed E-state index contributed by atoms with van der Waals surface area (Å²) in [6, 6.07) is 5.69. The first-order chi connectivity index (χ1) is 6.22. The highest BCUT2D eigenvalue weighted by atomic mass is 32.2. The first kappa shape index (κ1) is 8.72. The van der Waals surface area contributed by atoms with Crippen LogP contribution in [0.15, 0.2) is 23.1 Å². The van der Waals surface area contributed by atoms with Crippen LogP contribution in [0.4, 0.5) is 5.69 Å². The molecular formula is C9H9NOS2. The lowest BCUT2D eigenvalue weighted by atomic mass is 10.2. The van der Waals surface area contributed by atoms with Gasteiger partial charge in [0.15, 0.2) is 5.06 Å². The van der Waals surface area contributed by atoms with Crippen molar-refractivity contribution in [2.75, 3.05) is 12.0 Å². The summed E-state index contributed by atoms with van der Waals surface area (Å²) in [5.74, 6) is 0. The SMILES string of the molecule is CSc1ccc2sc(O)cc2c1N. The van der Waals surface area contributed by atoms with Crippen molar-refractivity contribution >= 4 is 38.9 Å². The van der Waals surface area contributed by atoms with E-state index in [9.17, 15) is 5.11 Å². The van der Waals surface area contributed by atoms with Gasteiger partial charge in [0.05, 0.1) is 5.69 Å². The van der Waals surface area contributed by atoms with Crippen LogP contribution < -0.4 is 5.73 Å². The Balaban J connectivity index is 2.78. The molecule has 0 spiro atoms. The fourth-order valence-corrected chi connectivity index (χ4v) is 2.63. The van der Waals surface area contributed by atoms with E-state index in [-0.39, 0.29) is 0 Å². The number of nitrogen functional groups attached to an aromatic ring is 1. The summed E-state index contributed by atoms with van der Waals surface area (Å²) in [6.45, 7) is 0. The molecule has 2 rings (SSSR count). The third-order valence-corrected chi connectivity index (χ3v) is 3.61. The molecule has 1 heterocycles. The summed E-state index contributed by atoms with van der Waals surface area (Å²) in [5, 5.41) is 10.6. The standard InChI is InChI=1S/C9H9NOS2/c1-12-7-3-2-6-5(9(7)10)4-8(11)13-6/h2-4,11H,10H2,1H3. The lowest BCUT2D eigenvalue weighted by Crippen LogP contribution is -1.87. The van der Waals surface area contributed by atoms with Crippen molar-refractivity contribution in [3.05, 3.63) is 18.2 Å². The molecule has 3 N–H and O–H groups in total. The maximum Gasteiger partial charge on any atom is 0.172 e. The van der Waals surface area contributed by atoms with E-state index in [2.05, 4.69) is 0 Å². The molecule has 13 heavy (non-hydrogen) atoms. The van der Waals surface area contributed by atoms with Crippen LogP contribution >= 0.6 is 23.1 Å². The van der Waals surface area contributed by atoms with E-state index in [4.69, 9.17) is 5.73 Å². The Morgan fingerprint density at radius 2 is 2.23 bits per heavy atom. The number of fused-ring (bicyclic) bond motifs is 1. The highest BCUT2D eigenvalue weighted by Crippen LogP contribution is 2.38. The minimum absolute atomic E-state index is 0.319. The molecule has 0 saturated heterocycles. The second kappa shape index (κ2) is 3.12. The molecule has 0 aliphatic carbocycles. The highest BCUT2D eigenvalue weighted by molar-refractivity contribution is 7.98. The molecule has 0 aliphatic rings. The number of rotatable bonds is 1. The van der Waals surface area contributed by atoms with Gasteiger partial charge in [0.2, 0.25) is 0 Å². The second-order valence-corrected chi connectivity index (χ2v) is 4.59. The number of aromatic hydroxyl groups is 1. The molecule has 0 unspecified atom stereocenters. The average Bonchev–Trinajstić information content (AvgIpc) is 2.47. The van der Waals surface area contributed by atoms with Gasteiger partial charge in [0.1, 0.15) is 0 Å². The number of thioether (sulfide) groups is 1. The zero-order valence-electron chi connectivity index (χ0n) is 7.07. The number of anilines is 1. The zero-order chi connectivity index (χ0) is 9.42. The lowest BCUT2D eigenvalue weighted by molar-refractivity contribution is 0.491. The van der Waals surface area contributed by atoms with Gasteiger partial charge in [0, 0.05) is 21.0 Å². The maximum absolute atomic E-state index is 9.30. The summed E-state index contributed by atoms with van der Waals surface area (Å²) in [7, 11) is 0. The highest BCUT2D eigenvalue weighted by Gasteiger charge is 2.06. The van der Waals surface area contributed by atoms with Crippen LogP contribution in [-0.2, 0) is 0 Å². The van der Waals surface area contributed by atoms with Crippen molar-refractivity contribution in [3.63, 3.8) is 0 Å². The van der Waals surface area contributed by atoms with E-state index < -0.39 is 0 Å². The van der Waals surface area contributed by atoms with Crippen molar-refractivity contribution in [2.45, 2.75) is 4.90 Å². The van der Waals surface area contributed by atoms with E-state index in [0.29, 0.717) is 5.06 Å². The van der Waals surface area contributed by atoms with Gasteiger partial charge in [-0.05, 0) is 18.4 Å². The quantitative estimate of drug-likeness (QED) is 0.563. The summed E-state index contributed by atoms with van der Waals surface area (Å²) >= 11 is 2.97. The normalized spacial score (nSPS) is 10.8. The third-order valence-electron chi connectivity index (χ3n) is 1.91. The van der Waals surface area contributed by atoms with E-state index in [1.165, 1.54) is 11.3 Å². The second-order valence-electron chi connectivity index (χ2n) is 2.68. The average molecular weight is 211 g/mol. The van der Waals surface area contributed by atoms with Crippen molar-refractivity contribution in [1.82, 2.24) is 0 Å². The predicted molar refractivity (Wildman–Crippen MR) is 59.7 cm³/mol. The molecule has 4 heteroatoms. The van der Waals surface area contributed by atoms with Gasteiger partial charge in [-0.1, -0.05) is 11.3 Å². The van der Waals surface area contributed by atoms with Gasteiger partial charge in [0.25, 0.3) is 0 Å². The fraction of sp³-hybridized carbons (Fsp3) is 0.111. The Hall–Kier alpha value is -0.870. The van der Waals surface area contributed by atoms with Crippen LogP contribution in [0, 0.1) is 0 Å². The fourth-order valence-electron chi connectivity index (χ4n) is 1.28. The number of hydrogen-bond acceptors (Lipinski definition) is 4. The molecule has 2 aromatic rings. The Morgan fingerprint density at radius 1 is 1.46 bits per heavy atom. The van der Waals surface area contributed by atoms with Crippen LogP contribution in [0.2, 0.25) is 0 Å². The summed E-state index contributed by atoms with van der Waals surface area (Å²) < 4.78 is 1.04. The number of nitrogens with two attached hydrogens (primary N) is 1. The van der Waals surface area contributed by atoms with Gasteiger partial charge < -0.3 is 10.8 Å². The van der Waals surface area contributed by atoms with Crippen LogP contribution in [-0.4, -0.2) is 11.4 Å². The van der Waals surface area contributed by atoms with Crippen LogP contribution in [0.1, 0.15) is 0 Å². The first-order valence-electron chi connectivity index (χ1n) is 3.77. The van der Waals surface area contributed by atoms with Crippen molar-refractivity contribution in [1.29, 1.82) is 0 Å². The topological polar surface area (TPSA) is 46.2 Å². The molecule has 0 radical (unpaired) electrons. The molecule has 0 bridgehead atoms. The van der Waals surface area contributed by atoms with Gasteiger partial charge in [-0.15, -0.1) is 11.8 Å². The van der Waals surface area contributed by atoms with Crippen LogP contribution in [0.5, 0.6) is 5.06 Å². The number of benzene rings is 1. The maximum atomic E-state index is 9.30. The van der Waals surface area contributed by atoms with Crippen LogP contribution in [0.25, 0.3) is 10.1 Å². The van der Waals surface area contributed by atoms with Gasteiger partial charge in [-0.2, -0.15) is 0 Å². The largest absolute Gasteiger partial charge is 0.499 e. The molecule has 1 aromatic carbocycles. The predicted octanol–water partition coefficient (Wildman–Crippen LogP) is 2.91. The van der Waals surface area contributed by atoms with Gasteiger partial charge in [-0.25, -0.2) is 0 Å². The van der Waals surface area contributed by atoms with Gasteiger partial charge >= 0.3 is 0 Å². The molecule has 2 nitrogen and oxygen atoms in total. The lowest BCUT2D eigenvalue weighted by Gasteiger charge is -2.01. The zero-order valence-corrected chi connectivity index (χ0v) is 8.71. The van der Waals surface area contributed by atoms with Crippen LogP contribution in [0.3, 0.4) is 0 Å². The van der Waals surface area contributed by atoms with E-state index in [1.807, 2.05) is 18.4 Å². The first-order valence-corrected chi connectivity index (χ1v) is 5.81. The summed E-state index contributed by atoms with van der Waals surface area (Å²) in [6.07, 6.45) is 1.99. The number of hydrogen-bond donors (Lipinski definition) is 2. The molecule has 0 fully saturated rings. The molecule has 0 amide bonds. The monoisotopic (exact) mass is 211 g/mol. The number of thiophene rings is 1. The van der Waals surface area contributed by atoms with E-state index >= 15 is 0 Å². The Morgan fingerprint density at radius 3 is 2.92 bits per heavy atom. The van der Waals surface area contributed by atoms with E-state index in [0.717, 1.165) is 20.7 Å². The Kier molecular flexibility index (Phi) is 2.09. The third kappa shape index (κ3) is 1.36. The molecule has 68 valence electrons. The van der Waals surface area contributed by atoms with Crippen molar-refractivity contribution < 1.29 is 5.11 Å². The Bertz CT molecular complexity index is 450. The minimum Gasteiger partial charge on any atom is -0.499 e. The van der Waals surface area contributed by atoms with Crippen molar-refractivity contribution in [2.24, 2.45) is 0 Å². The molecular weight excluding hydrogens is 202 g/mol. The minimum atomic E-state index is 0.319. The summed E-state index contributed by atoms with van der Waals surface area (Å²) in [4.78, 5) is 1.06.